The minimum atomic E-state index is -0.159. The van der Waals surface area contributed by atoms with Crippen LogP contribution in [0.3, 0.4) is 0 Å². The van der Waals surface area contributed by atoms with Crippen LogP contribution in [0, 0.1) is 20.8 Å². The Morgan fingerprint density at radius 2 is 2.22 bits per heavy atom. The first kappa shape index (κ1) is 12.6. The minimum absolute atomic E-state index is 0.159. The van der Waals surface area contributed by atoms with Gasteiger partial charge in [-0.2, -0.15) is 0 Å². The van der Waals surface area contributed by atoms with Crippen LogP contribution >= 0.6 is 11.3 Å². The predicted octanol–water partition coefficient (Wildman–Crippen LogP) is 2.17. The average molecular weight is 265 g/mol. The van der Waals surface area contributed by atoms with Crippen molar-refractivity contribution in [2.45, 2.75) is 27.3 Å². The first-order valence-electron chi connectivity index (χ1n) is 5.54. The monoisotopic (exact) mass is 265 g/mol. The molecule has 1 amide bonds. The van der Waals surface area contributed by atoms with Crippen molar-refractivity contribution in [3.05, 3.63) is 33.2 Å². The van der Waals surface area contributed by atoms with Gasteiger partial charge in [0.2, 0.25) is 5.89 Å². The van der Waals surface area contributed by atoms with Crippen molar-refractivity contribution in [1.82, 2.24) is 10.3 Å². The number of oxazole rings is 1. The van der Waals surface area contributed by atoms with Gasteiger partial charge in [0.05, 0.1) is 17.1 Å². The molecule has 3 N–H and O–H groups in total. The van der Waals surface area contributed by atoms with Crippen molar-refractivity contribution in [3.63, 3.8) is 0 Å². The summed E-state index contributed by atoms with van der Waals surface area (Å²) in [5.41, 5.74) is 7.20. The van der Waals surface area contributed by atoms with Crippen molar-refractivity contribution in [2.24, 2.45) is 0 Å². The quantitative estimate of drug-likeness (QED) is 0.891. The largest absolute Gasteiger partial charge is 0.444 e. The summed E-state index contributed by atoms with van der Waals surface area (Å²) in [4.78, 5) is 17.6. The summed E-state index contributed by atoms with van der Waals surface area (Å²) in [6.07, 6.45) is 0. The molecule has 0 bridgehead atoms. The smallest absolute Gasteiger partial charge is 0.261 e. The van der Waals surface area contributed by atoms with Crippen LogP contribution in [0.5, 0.6) is 0 Å². The van der Waals surface area contributed by atoms with Gasteiger partial charge in [0.15, 0.2) is 0 Å². The van der Waals surface area contributed by atoms with E-state index in [4.69, 9.17) is 10.2 Å². The fraction of sp³-hybridized carbons (Fsp3) is 0.333. The van der Waals surface area contributed by atoms with E-state index in [1.165, 1.54) is 11.3 Å². The van der Waals surface area contributed by atoms with Crippen molar-refractivity contribution in [1.29, 1.82) is 0 Å². The molecule has 2 rings (SSSR count). The Bertz CT molecular complexity index is 547. The number of nitrogens with one attached hydrogen (secondary N) is 1. The van der Waals surface area contributed by atoms with E-state index >= 15 is 0 Å². The van der Waals surface area contributed by atoms with Crippen LogP contribution in [0.25, 0.3) is 0 Å². The van der Waals surface area contributed by atoms with Gasteiger partial charge in [-0.3, -0.25) is 4.79 Å². The van der Waals surface area contributed by atoms with Crippen molar-refractivity contribution >= 4 is 22.9 Å². The van der Waals surface area contributed by atoms with E-state index in [0.29, 0.717) is 16.5 Å². The number of hydrogen-bond acceptors (Lipinski definition) is 5. The van der Waals surface area contributed by atoms with Gasteiger partial charge in [-0.15, -0.1) is 11.3 Å². The SMILES string of the molecule is Cc1nc(CNC(=O)c2cc(N)c(C)s2)oc1C. The van der Waals surface area contributed by atoms with Gasteiger partial charge in [0.1, 0.15) is 5.76 Å². The number of anilines is 1. The van der Waals surface area contributed by atoms with Gasteiger partial charge in [0, 0.05) is 10.6 Å². The average Bonchev–Trinajstić information content (AvgIpc) is 2.81. The van der Waals surface area contributed by atoms with Gasteiger partial charge in [-0.05, 0) is 26.8 Å². The Morgan fingerprint density at radius 1 is 1.50 bits per heavy atom. The molecule has 0 fully saturated rings. The lowest BCUT2D eigenvalue weighted by Gasteiger charge is -1.99. The third-order valence-electron chi connectivity index (χ3n) is 2.65. The number of carbonyl (C=O) groups excluding carboxylic acids is 1. The number of thiophene rings is 1. The zero-order chi connectivity index (χ0) is 13.3. The van der Waals surface area contributed by atoms with Crippen LogP contribution in [-0.4, -0.2) is 10.9 Å². The van der Waals surface area contributed by atoms with E-state index in [1.54, 1.807) is 6.07 Å². The number of aromatic nitrogens is 1. The Kier molecular flexibility index (Phi) is 3.38. The number of rotatable bonds is 3. The molecule has 0 aromatic carbocycles. The van der Waals surface area contributed by atoms with Crippen molar-refractivity contribution in [2.75, 3.05) is 5.73 Å². The molecule has 0 saturated heterocycles. The van der Waals surface area contributed by atoms with E-state index in [1.807, 2.05) is 20.8 Å². The van der Waals surface area contributed by atoms with Crippen LogP contribution in [-0.2, 0) is 6.54 Å². The summed E-state index contributed by atoms with van der Waals surface area (Å²) in [5, 5.41) is 2.76. The molecule has 0 radical (unpaired) electrons. The van der Waals surface area contributed by atoms with E-state index < -0.39 is 0 Å². The number of nitrogen functional groups attached to an aromatic ring is 1. The maximum absolute atomic E-state index is 11.8. The Balaban J connectivity index is 2.00. The standard InChI is InChI=1S/C12H15N3O2S/c1-6-7(2)17-11(15-6)5-14-12(16)10-4-9(13)8(3)18-10/h4H,5,13H2,1-3H3,(H,14,16). The summed E-state index contributed by atoms with van der Waals surface area (Å²) >= 11 is 1.38. The van der Waals surface area contributed by atoms with Gasteiger partial charge >= 0.3 is 0 Å². The number of nitrogens with two attached hydrogens (primary N) is 1. The fourth-order valence-electron chi connectivity index (χ4n) is 1.47. The van der Waals surface area contributed by atoms with E-state index in [2.05, 4.69) is 10.3 Å². The normalized spacial score (nSPS) is 10.6. The minimum Gasteiger partial charge on any atom is -0.444 e. The second-order valence-corrected chi connectivity index (χ2v) is 5.31. The molecule has 2 heterocycles. The van der Waals surface area contributed by atoms with Crippen LogP contribution in [0.2, 0.25) is 0 Å². The summed E-state index contributed by atoms with van der Waals surface area (Å²) in [5.74, 6) is 1.13. The van der Waals surface area contributed by atoms with Crippen LogP contribution in [0.1, 0.15) is 31.9 Å². The number of aryl methyl sites for hydroxylation is 3. The molecule has 5 nitrogen and oxygen atoms in total. The molecular formula is C12H15N3O2S. The number of nitrogens with zero attached hydrogens (tertiary/aromatic N) is 1. The van der Waals surface area contributed by atoms with Gasteiger partial charge in [-0.25, -0.2) is 4.98 Å². The predicted molar refractivity (Wildman–Crippen MR) is 70.6 cm³/mol. The second kappa shape index (κ2) is 4.81. The molecule has 6 heteroatoms. The molecule has 0 aliphatic carbocycles. The fourth-order valence-corrected chi connectivity index (χ4v) is 2.32. The van der Waals surface area contributed by atoms with Crippen molar-refractivity contribution < 1.29 is 9.21 Å². The molecular weight excluding hydrogens is 250 g/mol. The van der Waals surface area contributed by atoms with E-state index in [9.17, 15) is 4.79 Å². The van der Waals surface area contributed by atoms with Gasteiger partial charge < -0.3 is 15.5 Å². The second-order valence-electron chi connectivity index (χ2n) is 4.05. The first-order valence-corrected chi connectivity index (χ1v) is 6.36. The highest BCUT2D eigenvalue weighted by Crippen LogP contribution is 2.23. The zero-order valence-corrected chi connectivity index (χ0v) is 11.4. The molecule has 0 spiro atoms. The van der Waals surface area contributed by atoms with Crippen molar-refractivity contribution in [3.8, 4) is 0 Å². The molecule has 2 aromatic rings. The third-order valence-corrected chi connectivity index (χ3v) is 3.72. The first-order chi connectivity index (χ1) is 8.47. The van der Waals surface area contributed by atoms with E-state index in [-0.39, 0.29) is 12.5 Å². The third kappa shape index (κ3) is 2.53. The molecule has 0 aliphatic rings. The molecule has 0 aliphatic heterocycles. The highest BCUT2D eigenvalue weighted by molar-refractivity contribution is 7.14. The van der Waals surface area contributed by atoms with Crippen LogP contribution in [0.4, 0.5) is 5.69 Å². The molecule has 0 saturated carbocycles. The molecule has 18 heavy (non-hydrogen) atoms. The van der Waals surface area contributed by atoms with E-state index in [0.717, 1.165) is 16.3 Å². The maximum atomic E-state index is 11.8. The summed E-state index contributed by atoms with van der Waals surface area (Å²) in [6.45, 7) is 5.88. The maximum Gasteiger partial charge on any atom is 0.261 e. The number of hydrogen-bond donors (Lipinski definition) is 2. The summed E-state index contributed by atoms with van der Waals surface area (Å²) < 4.78 is 5.38. The Labute approximate surface area is 109 Å². The van der Waals surface area contributed by atoms with Gasteiger partial charge in [-0.1, -0.05) is 0 Å². The Morgan fingerprint density at radius 3 is 2.72 bits per heavy atom. The number of carbonyl (C=O) groups is 1. The summed E-state index contributed by atoms with van der Waals surface area (Å²) in [7, 11) is 0. The molecule has 0 unspecified atom stereocenters. The number of amides is 1. The van der Waals surface area contributed by atoms with Crippen LogP contribution in [0.15, 0.2) is 10.5 Å². The lowest BCUT2D eigenvalue weighted by Crippen LogP contribution is -2.21. The lowest BCUT2D eigenvalue weighted by molar-refractivity contribution is 0.0951. The lowest BCUT2D eigenvalue weighted by atomic mass is 10.3. The molecule has 0 atom stereocenters. The molecule has 2 aromatic heterocycles. The summed E-state index contributed by atoms with van der Waals surface area (Å²) in [6, 6.07) is 1.68. The van der Waals surface area contributed by atoms with Crippen LogP contribution < -0.4 is 11.1 Å². The topological polar surface area (TPSA) is 81.2 Å². The highest BCUT2D eigenvalue weighted by Gasteiger charge is 2.12. The van der Waals surface area contributed by atoms with Gasteiger partial charge in [0.25, 0.3) is 5.91 Å². The highest BCUT2D eigenvalue weighted by atomic mass is 32.1. The zero-order valence-electron chi connectivity index (χ0n) is 10.5. The molecule has 96 valence electrons. The Hall–Kier alpha value is -1.82.